The van der Waals surface area contributed by atoms with E-state index >= 15 is 0 Å². The molecule has 0 aliphatic rings. The van der Waals surface area contributed by atoms with Crippen LogP contribution in [0.3, 0.4) is 0 Å². The van der Waals surface area contributed by atoms with Crippen LogP contribution in [-0.2, 0) is 0 Å². The highest BCUT2D eigenvalue weighted by molar-refractivity contribution is 5.37. The number of aromatic nitrogens is 5. The summed E-state index contributed by atoms with van der Waals surface area (Å²) in [5.74, 6) is 1.31. The van der Waals surface area contributed by atoms with Gasteiger partial charge in [-0.15, -0.1) is 5.10 Å². The minimum absolute atomic E-state index is 0.247. The lowest BCUT2D eigenvalue weighted by Gasteiger charge is -2.03. The SMILES string of the molecule is CC(C)Nc1nc(N)n(-c2cnccn2)n1. The first-order chi connectivity index (χ1) is 7.66. The Hall–Kier alpha value is -2.18. The van der Waals surface area contributed by atoms with Crippen LogP contribution < -0.4 is 11.1 Å². The molecule has 7 heteroatoms. The molecular formula is C9H13N7. The van der Waals surface area contributed by atoms with Crippen LogP contribution in [-0.4, -0.2) is 30.8 Å². The van der Waals surface area contributed by atoms with Crippen molar-refractivity contribution in [3.8, 4) is 5.82 Å². The second-order valence-corrected chi connectivity index (χ2v) is 3.57. The van der Waals surface area contributed by atoms with Crippen molar-refractivity contribution in [1.82, 2.24) is 24.7 Å². The molecule has 0 saturated heterocycles. The van der Waals surface area contributed by atoms with E-state index in [1.54, 1.807) is 18.6 Å². The Kier molecular flexibility index (Phi) is 2.67. The quantitative estimate of drug-likeness (QED) is 0.778. The molecule has 0 aliphatic carbocycles. The smallest absolute Gasteiger partial charge is 0.244 e. The zero-order valence-electron chi connectivity index (χ0n) is 9.12. The van der Waals surface area contributed by atoms with Crippen LogP contribution in [0.4, 0.5) is 11.9 Å². The van der Waals surface area contributed by atoms with Gasteiger partial charge in [-0.2, -0.15) is 9.67 Å². The second-order valence-electron chi connectivity index (χ2n) is 3.57. The van der Waals surface area contributed by atoms with Crippen molar-refractivity contribution in [2.75, 3.05) is 11.1 Å². The fourth-order valence-electron chi connectivity index (χ4n) is 1.21. The minimum Gasteiger partial charge on any atom is -0.368 e. The number of rotatable bonds is 3. The Bertz CT molecular complexity index is 462. The summed E-state index contributed by atoms with van der Waals surface area (Å²) in [5.41, 5.74) is 5.73. The Labute approximate surface area is 92.7 Å². The maximum atomic E-state index is 5.73. The van der Waals surface area contributed by atoms with Gasteiger partial charge in [-0.1, -0.05) is 0 Å². The first-order valence-corrected chi connectivity index (χ1v) is 4.92. The highest BCUT2D eigenvalue weighted by Crippen LogP contribution is 2.10. The van der Waals surface area contributed by atoms with Crippen LogP contribution in [0.2, 0.25) is 0 Å². The molecule has 2 aromatic heterocycles. The third-order valence-corrected chi connectivity index (χ3v) is 1.82. The lowest BCUT2D eigenvalue weighted by Crippen LogP contribution is -2.11. The number of nitrogen functional groups attached to an aromatic ring is 1. The highest BCUT2D eigenvalue weighted by atomic mass is 15.4. The molecule has 0 amide bonds. The van der Waals surface area contributed by atoms with Gasteiger partial charge in [-0.05, 0) is 13.8 Å². The van der Waals surface area contributed by atoms with Crippen LogP contribution in [0.25, 0.3) is 5.82 Å². The van der Waals surface area contributed by atoms with Crippen LogP contribution >= 0.6 is 0 Å². The van der Waals surface area contributed by atoms with E-state index in [1.807, 2.05) is 13.8 Å². The van der Waals surface area contributed by atoms with Gasteiger partial charge in [0.25, 0.3) is 0 Å². The number of nitrogens with zero attached hydrogens (tertiary/aromatic N) is 5. The molecule has 2 aromatic rings. The average Bonchev–Trinajstić information content (AvgIpc) is 2.60. The largest absolute Gasteiger partial charge is 0.368 e. The molecule has 0 spiro atoms. The Balaban J connectivity index is 2.32. The third-order valence-electron chi connectivity index (χ3n) is 1.82. The van der Waals surface area contributed by atoms with Crippen LogP contribution in [0, 0.1) is 0 Å². The highest BCUT2D eigenvalue weighted by Gasteiger charge is 2.09. The van der Waals surface area contributed by atoms with Gasteiger partial charge in [0.05, 0.1) is 6.20 Å². The summed E-state index contributed by atoms with van der Waals surface area (Å²) in [4.78, 5) is 12.1. The Morgan fingerprint density at radius 1 is 1.38 bits per heavy atom. The molecule has 0 aliphatic heterocycles. The summed E-state index contributed by atoms with van der Waals surface area (Å²) in [7, 11) is 0. The minimum atomic E-state index is 0.247. The van der Waals surface area contributed by atoms with Gasteiger partial charge in [-0.3, -0.25) is 4.98 Å². The number of nitrogens with two attached hydrogens (primary N) is 1. The van der Waals surface area contributed by atoms with Gasteiger partial charge in [0.2, 0.25) is 11.9 Å². The maximum Gasteiger partial charge on any atom is 0.244 e. The van der Waals surface area contributed by atoms with E-state index < -0.39 is 0 Å². The predicted molar refractivity (Wildman–Crippen MR) is 60.1 cm³/mol. The molecule has 2 rings (SSSR count). The molecule has 7 nitrogen and oxygen atoms in total. The van der Waals surface area contributed by atoms with Crippen molar-refractivity contribution in [2.24, 2.45) is 0 Å². The molecule has 3 N–H and O–H groups in total. The van der Waals surface area contributed by atoms with Gasteiger partial charge in [0.1, 0.15) is 0 Å². The number of hydrogen-bond acceptors (Lipinski definition) is 6. The van der Waals surface area contributed by atoms with E-state index in [4.69, 9.17) is 5.73 Å². The van der Waals surface area contributed by atoms with E-state index in [-0.39, 0.29) is 12.0 Å². The van der Waals surface area contributed by atoms with Gasteiger partial charge >= 0.3 is 0 Å². The summed E-state index contributed by atoms with van der Waals surface area (Å²) < 4.78 is 1.44. The predicted octanol–water partition coefficient (Wildman–Crippen LogP) is 0.460. The van der Waals surface area contributed by atoms with Gasteiger partial charge in [0.15, 0.2) is 5.82 Å². The van der Waals surface area contributed by atoms with Crippen molar-refractivity contribution in [3.05, 3.63) is 18.6 Å². The topological polar surface area (TPSA) is 94.5 Å². The molecule has 0 saturated carbocycles. The standard InChI is InChI=1S/C9H13N7/c1-6(2)13-9-14-8(10)16(15-9)7-5-11-3-4-12-7/h3-6H,1-2H3,(H3,10,13,14,15). The molecule has 2 heterocycles. The van der Waals surface area contributed by atoms with Crippen LogP contribution in [0.1, 0.15) is 13.8 Å². The Morgan fingerprint density at radius 2 is 2.19 bits per heavy atom. The van der Waals surface area contributed by atoms with Crippen molar-refractivity contribution in [1.29, 1.82) is 0 Å². The van der Waals surface area contributed by atoms with Crippen molar-refractivity contribution in [2.45, 2.75) is 19.9 Å². The maximum absolute atomic E-state index is 5.73. The van der Waals surface area contributed by atoms with Gasteiger partial charge < -0.3 is 11.1 Å². The van der Waals surface area contributed by atoms with E-state index in [0.717, 1.165) is 0 Å². The van der Waals surface area contributed by atoms with Crippen molar-refractivity contribution >= 4 is 11.9 Å². The molecule has 0 radical (unpaired) electrons. The summed E-state index contributed by atoms with van der Waals surface area (Å²) in [6.45, 7) is 4.00. The van der Waals surface area contributed by atoms with Crippen molar-refractivity contribution in [3.63, 3.8) is 0 Å². The summed E-state index contributed by atoms with van der Waals surface area (Å²) >= 11 is 0. The molecule has 0 unspecified atom stereocenters. The molecule has 0 bridgehead atoms. The Morgan fingerprint density at radius 3 is 2.81 bits per heavy atom. The molecule has 0 fully saturated rings. The van der Waals surface area contributed by atoms with Crippen molar-refractivity contribution < 1.29 is 0 Å². The molecule has 16 heavy (non-hydrogen) atoms. The third kappa shape index (κ3) is 2.08. The summed E-state index contributed by atoms with van der Waals surface area (Å²) in [5, 5.41) is 7.25. The zero-order valence-corrected chi connectivity index (χ0v) is 9.12. The van der Waals surface area contributed by atoms with E-state index in [9.17, 15) is 0 Å². The number of hydrogen-bond donors (Lipinski definition) is 2. The van der Waals surface area contributed by atoms with E-state index in [2.05, 4.69) is 25.4 Å². The first kappa shape index (κ1) is 10.3. The normalized spacial score (nSPS) is 10.7. The number of nitrogens with one attached hydrogen (secondary N) is 1. The number of anilines is 2. The molecule has 0 aromatic carbocycles. The van der Waals surface area contributed by atoms with Gasteiger partial charge in [-0.25, -0.2) is 4.98 Å². The molecular weight excluding hydrogens is 206 g/mol. The lowest BCUT2D eigenvalue weighted by atomic mass is 10.4. The molecule has 0 atom stereocenters. The second kappa shape index (κ2) is 4.13. The van der Waals surface area contributed by atoms with Crippen LogP contribution in [0.5, 0.6) is 0 Å². The molecule has 84 valence electrons. The average molecular weight is 219 g/mol. The first-order valence-electron chi connectivity index (χ1n) is 4.92. The van der Waals surface area contributed by atoms with Crippen LogP contribution in [0.15, 0.2) is 18.6 Å². The van der Waals surface area contributed by atoms with E-state index in [0.29, 0.717) is 11.8 Å². The summed E-state index contributed by atoms with van der Waals surface area (Å²) in [6.07, 6.45) is 4.74. The lowest BCUT2D eigenvalue weighted by molar-refractivity contribution is 0.827. The fourth-order valence-corrected chi connectivity index (χ4v) is 1.21. The summed E-state index contributed by atoms with van der Waals surface area (Å²) in [6, 6.07) is 0.247. The van der Waals surface area contributed by atoms with Gasteiger partial charge in [0, 0.05) is 18.4 Å². The monoisotopic (exact) mass is 219 g/mol. The fraction of sp³-hybridized carbons (Fsp3) is 0.333. The zero-order chi connectivity index (χ0) is 11.5. The van der Waals surface area contributed by atoms with E-state index in [1.165, 1.54) is 4.68 Å².